The lowest BCUT2D eigenvalue weighted by molar-refractivity contribution is -0.114. The number of carboxylic acid groups (broad SMARTS) is 1. The summed E-state index contributed by atoms with van der Waals surface area (Å²) >= 11 is 0. The van der Waals surface area contributed by atoms with Crippen LogP contribution in [0.4, 0.5) is 0 Å². The summed E-state index contributed by atoms with van der Waals surface area (Å²) in [5, 5.41) is 23.3. The SMILES string of the molecule is CC(C)(C)C1=CC(=C(c2ccc(C(=O)O)cc2)c2cc(C(C)(C)C)c([O])c(C(C)(C)C)c2)C=C(C(C)(C)C)C1=O. The van der Waals surface area contributed by atoms with Crippen LogP contribution in [-0.2, 0) is 20.7 Å². The van der Waals surface area contributed by atoms with E-state index in [2.05, 4.69) is 0 Å². The van der Waals surface area contributed by atoms with Crippen molar-refractivity contribution in [1.82, 2.24) is 0 Å². The minimum atomic E-state index is -0.991. The molecule has 0 saturated carbocycles. The summed E-state index contributed by atoms with van der Waals surface area (Å²) in [5.41, 5.74) is 4.96. The second-order valence-electron chi connectivity index (χ2n) is 15.1. The monoisotopic (exact) mass is 541 g/mol. The van der Waals surface area contributed by atoms with Gasteiger partial charge in [0.15, 0.2) is 11.5 Å². The van der Waals surface area contributed by atoms with Crippen molar-refractivity contribution in [1.29, 1.82) is 0 Å². The highest BCUT2D eigenvalue weighted by molar-refractivity contribution is 6.12. The first-order chi connectivity index (χ1) is 18.0. The molecule has 0 amide bonds. The van der Waals surface area contributed by atoms with Crippen LogP contribution in [0.2, 0.25) is 0 Å². The Hall–Kier alpha value is -3.40. The van der Waals surface area contributed by atoms with Gasteiger partial charge in [-0.15, -0.1) is 0 Å². The van der Waals surface area contributed by atoms with Gasteiger partial charge in [0, 0.05) is 22.3 Å². The lowest BCUT2D eigenvalue weighted by Crippen LogP contribution is -2.28. The van der Waals surface area contributed by atoms with Gasteiger partial charge in [0.2, 0.25) is 0 Å². The van der Waals surface area contributed by atoms with Gasteiger partial charge >= 0.3 is 5.97 Å². The Bertz CT molecular complexity index is 1360. The molecule has 2 aromatic carbocycles. The Morgan fingerprint density at radius 2 is 0.975 bits per heavy atom. The molecule has 40 heavy (non-hydrogen) atoms. The topological polar surface area (TPSA) is 74.3 Å². The molecule has 0 aliphatic heterocycles. The first-order valence-electron chi connectivity index (χ1n) is 14.0. The highest BCUT2D eigenvalue weighted by Gasteiger charge is 2.35. The fraction of sp³-hybridized carbons (Fsp3) is 0.444. The van der Waals surface area contributed by atoms with Crippen LogP contribution >= 0.6 is 0 Å². The van der Waals surface area contributed by atoms with Gasteiger partial charge in [0.25, 0.3) is 0 Å². The number of carboxylic acids is 1. The van der Waals surface area contributed by atoms with Crippen molar-refractivity contribution in [3.8, 4) is 5.75 Å². The average molecular weight is 542 g/mol. The van der Waals surface area contributed by atoms with Crippen molar-refractivity contribution in [2.24, 2.45) is 10.8 Å². The average Bonchev–Trinajstić information content (AvgIpc) is 2.78. The predicted octanol–water partition coefficient (Wildman–Crippen LogP) is 9.45. The molecule has 1 N–H and O–H groups in total. The van der Waals surface area contributed by atoms with E-state index in [1.54, 1.807) is 12.1 Å². The summed E-state index contributed by atoms with van der Waals surface area (Å²) in [6.07, 6.45) is 3.97. The van der Waals surface area contributed by atoms with Gasteiger partial charge in [0.1, 0.15) is 0 Å². The van der Waals surface area contributed by atoms with E-state index in [0.717, 1.165) is 44.5 Å². The molecule has 4 nitrogen and oxygen atoms in total. The number of ketones is 1. The van der Waals surface area contributed by atoms with Crippen molar-refractivity contribution >= 4 is 17.3 Å². The van der Waals surface area contributed by atoms with Gasteiger partial charge in [-0.3, -0.25) is 9.90 Å². The molecule has 0 spiro atoms. The molecule has 0 fully saturated rings. The molecule has 1 radical (unpaired) electrons. The summed E-state index contributed by atoms with van der Waals surface area (Å²) < 4.78 is 0. The van der Waals surface area contributed by atoms with E-state index in [1.165, 1.54) is 0 Å². The minimum absolute atomic E-state index is 0.0463. The van der Waals surface area contributed by atoms with Gasteiger partial charge in [0.05, 0.1) is 5.56 Å². The van der Waals surface area contributed by atoms with Crippen LogP contribution in [0.15, 0.2) is 65.3 Å². The van der Waals surface area contributed by atoms with Crippen LogP contribution in [0.25, 0.3) is 5.57 Å². The molecule has 0 heterocycles. The van der Waals surface area contributed by atoms with Crippen molar-refractivity contribution in [2.45, 2.75) is 93.9 Å². The number of rotatable bonds is 3. The maximum Gasteiger partial charge on any atom is 0.335 e. The summed E-state index contributed by atoms with van der Waals surface area (Å²) in [7, 11) is 0. The molecule has 213 valence electrons. The lowest BCUT2D eigenvalue weighted by Gasteiger charge is -2.32. The van der Waals surface area contributed by atoms with Gasteiger partial charge in [-0.05, 0) is 80.4 Å². The third-order valence-electron chi connectivity index (χ3n) is 7.41. The molecular weight excluding hydrogens is 496 g/mol. The highest BCUT2D eigenvalue weighted by atomic mass is 16.4. The number of hydrogen-bond donors (Lipinski definition) is 1. The van der Waals surface area contributed by atoms with E-state index < -0.39 is 27.6 Å². The Morgan fingerprint density at radius 1 is 0.600 bits per heavy atom. The van der Waals surface area contributed by atoms with Crippen molar-refractivity contribution in [3.05, 3.63) is 93.1 Å². The van der Waals surface area contributed by atoms with E-state index in [4.69, 9.17) is 0 Å². The van der Waals surface area contributed by atoms with Crippen LogP contribution in [0.5, 0.6) is 5.75 Å². The fourth-order valence-electron chi connectivity index (χ4n) is 5.05. The van der Waals surface area contributed by atoms with Crippen LogP contribution < -0.4 is 0 Å². The Balaban J connectivity index is 2.59. The third kappa shape index (κ3) is 6.32. The number of benzene rings is 2. The molecule has 0 saturated heterocycles. The molecule has 0 atom stereocenters. The quantitative estimate of drug-likeness (QED) is 0.420. The maximum absolute atomic E-state index is 13.7. The molecular formula is C36H45O4. The lowest BCUT2D eigenvalue weighted by atomic mass is 9.70. The second kappa shape index (κ2) is 10.2. The Kier molecular flexibility index (Phi) is 7.95. The van der Waals surface area contributed by atoms with Crippen molar-refractivity contribution < 1.29 is 19.8 Å². The predicted molar refractivity (Wildman–Crippen MR) is 163 cm³/mol. The highest BCUT2D eigenvalue weighted by Crippen LogP contribution is 2.45. The largest absolute Gasteiger partial charge is 0.478 e. The van der Waals surface area contributed by atoms with Crippen LogP contribution in [0.1, 0.15) is 116 Å². The van der Waals surface area contributed by atoms with Gasteiger partial charge < -0.3 is 5.11 Å². The smallest absolute Gasteiger partial charge is 0.335 e. The number of Topliss-reactive ketones (excluding diaryl/α,β-unsaturated/α-hetero) is 1. The zero-order valence-electron chi connectivity index (χ0n) is 26.3. The van der Waals surface area contributed by atoms with Gasteiger partial charge in [-0.1, -0.05) is 95.2 Å². The first kappa shape index (κ1) is 31.1. The standard InChI is InChI=1S/C36H45O4/c1-33(2,3)25-17-23(18-26(30(25)37)34(4,5)6)29(21-13-15-22(16-14-21)32(39)40)24-19-27(35(7,8)9)31(38)28(20-24)36(10,11)12/h13-20H,1-12H3,(H,39,40). The second-order valence-corrected chi connectivity index (χ2v) is 15.1. The van der Waals surface area contributed by atoms with E-state index in [0.29, 0.717) is 0 Å². The molecule has 0 aromatic heterocycles. The number of hydrogen-bond acceptors (Lipinski definition) is 2. The van der Waals surface area contributed by atoms with Crippen molar-refractivity contribution in [2.75, 3.05) is 0 Å². The number of aromatic carboxylic acids is 1. The third-order valence-corrected chi connectivity index (χ3v) is 7.41. The zero-order valence-corrected chi connectivity index (χ0v) is 26.3. The summed E-state index contributed by atoms with van der Waals surface area (Å²) in [6.45, 7) is 24.5. The molecule has 0 unspecified atom stereocenters. The van der Waals surface area contributed by atoms with E-state index >= 15 is 0 Å². The Labute approximate surface area is 240 Å². The number of carbonyl (C=O) groups is 2. The number of carbonyl (C=O) groups excluding carboxylic acids is 1. The van der Waals surface area contributed by atoms with Crippen LogP contribution in [0.3, 0.4) is 0 Å². The normalized spacial score (nSPS) is 15.1. The van der Waals surface area contributed by atoms with E-state index in [9.17, 15) is 19.8 Å². The number of allylic oxidation sites excluding steroid dienone is 5. The molecule has 1 aliphatic carbocycles. The molecule has 4 heteroatoms. The van der Waals surface area contributed by atoms with E-state index in [1.807, 2.05) is 120 Å². The van der Waals surface area contributed by atoms with Crippen LogP contribution in [-0.4, -0.2) is 16.9 Å². The van der Waals surface area contributed by atoms with Gasteiger partial charge in [-0.2, -0.15) is 0 Å². The molecule has 2 aromatic rings. The molecule has 3 rings (SSSR count). The summed E-state index contributed by atoms with van der Waals surface area (Å²) in [6, 6.07) is 10.8. The fourth-order valence-corrected chi connectivity index (χ4v) is 5.05. The molecule has 1 aliphatic rings. The minimum Gasteiger partial charge on any atom is -0.478 e. The van der Waals surface area contributed by atoms with E-state index in [-0.39, 0.29) is 17.1 Å². The zero-order chi connectivity index (χ0) is 30.6. The summed E-state index contributed by atoms with van der Waals surface area (Å²) in [5.74, 6) is -0.899. The first-order valence-corrected chi connectivity index (χ1v) is 14.0. The van der Waals surface area contributed by atoms with Crippen molar-refractivity contribution in [3.63, 3.8) is 0 Å². The summed E-state index contributed by atoms with van der Waals surface area (Å²) in [4.78, 5) is 25.4. The Morgan fingerprint density at radius 3 is 1.30 bits per heavy atom. The maximum atomic E-state index is 13.7. The van der Waals surface area contributed by atoms with Gasteiger partial charge in [-0.25, -0.2) is 4.79 Å². The molecule has 0 bridgehead atoms. The van der Waals surface area contributed by atoms with Crippen LogP contribution in [0, 0.1) is 10.8 Å².